The monoisotopic (exact) mass is 296 g/mol. The lowest BCUT2D eigenvalue weighted by atomic mass is 9.83. The Hall–Kier alpha value is -0.160. The third kappa shape index (κ3) is 3.61. The zero-order valence-electron chi connectivity index (χ0n) is 13.4. The van der Waals surface area contributed by atoms with Crippen LogP contribution >= 0.6 is 0 Å². The summed E-state index contributed by atoms with van der Waals surface area (Å²) in [4.78, 5) is 2.65. The molecule has 0 spiro atoms. The van der Waals surface area contributed by atoms with Crippen molar-refractivity contribution in [3.63, 3.8) is 0 Å². The second-order valence-corrected chi connectivity index (χ2v) is 7.08. The van der Waals surface area contributed by atoms with Gasteiger partial charge in [-0.25, -0.2) is 0 Å². The van der Waals surface area contributed by atoms with Gasteiger partial charge in [0.2, 0.25) is 0 Å². The highest BCUT2D eigenvalue weighted by Gasteiger charge is 2.44. The molecular formula is C17H32N2O2. The number of nitrogens with two attached hydrogens (primary N) is 1. The Kier molecular flexibility index (Phi) is 5.54. The molecule has 1 saturated carbocycles. The van der Waals surface area contributed by atoms with E-state index in [2.05, 4.69) is 4.90 Å². The van der Waals surface area contributed by atoms with Gasteiger partial charge in [0.15, 0.2) is 0 Å². The first-order valence-corrected chi connectivity index (χ1v) is 9.01. The van der Waals surface area contributed by atoms with Gasteiger partial charge in [-0.15, -0.1) is 0 Å². The molecule has 0 amide bonds. The Morgan fingerprint density at radius 1 is 1.10 bits per heavy atom. The van der Waals surface area contributed by atoms with E-state index >= 15 is 0 Å². The summed E-state index contributed by atoms with van der Waals surface area (Å²) in [7, 11) is 0. The van der Waals surface area contributed by atoms with Crippen molar-refractivity contribution in [2.45, 2.75) is 75.5 Å². The largest absolute Gasteiger partial charge is 0.379 e. The quantitative estimate of drug-likeness (QED) is 0.817. The van der Waals surface area contributed by atoms with Gasteiger partial charge in [-0.1, -0.05) is 12.8 Å². The van der Waals surface area contributed by atoms with E-state index in [1.807, 2.05) is 0 Å². The van der Waals surface area contributed by atoms with Crippen molar-refractivity contribution in [1.82, 2.24) is 4.90 Å². The van der Waals surface area contributed by atoms with Crippen molar-refractivity contribution in [3.05, 3.63) is 0 Å². The van der Waals surface area contributed by atoms with Crippen LogP contribution in [0.25, 0.3) is 0 Å². The molecule has 2 N–H and O–H groups in total. The first kappa shape index (κ1) is 15.7. The SMILES string of the molecule is NC(CCCC1CCCO1)C1(N2CCOCC2)CCCC1. The topological polar surface area (TPSA) is 47.7 Å². The highest BCUT2D eigenvalue weighted by Crippen LogP contribution is 2.39. The molecular weight excluding hydrogens is 264 g/mol. The van der Waals surface area contributed by atoms with Gasteiger partial charge < -0.3 is 15.2 Å². The number of ether oxygens (including phenoxy) is 2. The molecule has 2 unspecified atom stereocenters. The summed E-state index contributed by atoms with van der Waals surface area (Å²) in [5, 5.41) is 0. The maximum atomic E-state index is 6.71. The summed E-state index contributed by atoms with van der Waals surface area (Å²) in [6.07, 6.45) is 11.8. The molecule has 1 aliphatic carbocycles. The lowest BCUT2D eigenvalue weighted by Gasteiger charge is -2.47. The van der Waals surface area contributed by atoms with E-state index < -0.39 is 0 Å². The first-order chi connectivity index (χ1) is 10.3. The average molecular weight is 296 g/mol. The van der Waals surface area contributed by atoms with Crippen molar-refractivity contribution in [2.24, 2.45) is 5.73 Å². The fourth-order valence-electron chi connectivity index (χ4n) is 4.62. The van der Waals surface area contributed by atoms with Gasteiger partial charge in [-0.05, 0) is 44.9 Å². The molecule has 4 heteroatoms. The van der Waals surface area contributed by atoms with Gasteiger partial charge in [0, 0.05) is 31.3 Å². The molecule has 3 aliphatic rings. The van der Waals surface area contributed by atoms with Crippen LogP contribution < -0.4 is 5.73 Å². The maximum absolute atomic E-state index is 6.71. The second-order valence-electron chi connectivity index (χ2n) is 7.08. The van der Waals surface area contributed by atoms with Crippen LogP contribution in [0.15, 0.2) is 0 Å². The van der Waals surface area contributed by atoms with Crippen LogP contribution in [0.3, 0.4) is 0 Å². The Balaban J connectivity index is 1.52. The van der Waals surface area contributed by atoms with Crippen molar-refractivity contribution in [2.75, 3.05) is 32.9 Å². The van der Waals surface area contributed by atoms with Crippen molar-refractivity contribution in [1.29, 1.82) is 0 Å². The number of morpholine rings is 1. The minimum absolute atomic E-state index is 0.264. The predicted molar refractivity (Wildman–Crippen MR) is 84.4 cm³/mol. The molecule has 0 bridgehead atoms. The molecule has 4 nitrogen and oxygen atoms in total. The van der Waals surface area contributed by atoms with E-state index in [1.165, 1.54) is 51.4 Å². The van der Waals surface area contributed by atoms with Gasteiger partial charge >= 0.3 is 0 Å². The zero-order chi connectivity index (χ0) is 14.5. The molecule has 2 atom stereocenters. The fourth-order valence-corrected chi connectivity index (χ4v) is 4.62. The number of nitrogens with zero attached hydrogens (tertiary/aromatic N) is 1. The van der Waals surface area contributed by atoms with Crippen LogP contribution in [0.2, 0.25) is 0 Å². The van der Waals surface area contributed by atoms with Crippen LogP contribution in [0.5, 0.6) is 0 Å². The van der Waals surface area contributed by atoms with Gasteiger partial charge in [0.25, 0.3) is 0 Å². The molecule has 0 radical (unpaired) electrons. The van der Waals surface area contributed by atoms with E-state index in [9.17, 15) is 0 Å². The van der Waals surface area contributed by atoms with Crippen LogP contribution in [0.4, 0.5) is 0 Å². The highest BCUT2D eigenvalue weighted by atomic mass is 16.5. The molecule has 21 heavy (non-hydrogen) atoms. The summed E-state index contributed by atoms with van der Waals surface area (Å²) >= 11 is 0. The van der Waals surface area contributed by atoms with E-state index in [4.69, 9.17) is 15.2 Å². The van der Waals surface area contributed by atoms with Gasteiger partial charge in [0.05, 0.1) is 19.3 Å². The van der Waals surface area contributed by atoms with Crippen LogP contribution in [0.1, 0.15) is 57.8 Å². The average Bonchev–Trinajstić information content (AvgIpc) is 3.20. The molecule has 0 aromatic rings. The highest BCUT2D eigenvalue weighted by molar-refractivity contribution is 5.02. The first-order valence-electron chi connectivity index (χ1n) is 9.01. The van der Waals surface area contributed by atoms with Crippen molar-refractivity contribution >= 4 is 0 Å². The minimum atomic E-state index is 0.264. The molecule has 3 fully saturated rings. The van der Waals surface area contributed by atoms with Crippen LogP contribution in [-0.2, 0) is 9.47 Å². The van der Waals surface area contributed by atoms with Crippen molar-refractivity contribution < 1.29 is 9.47 Å². The van der Waals surface area contributed by atoms with Crippen LogP contribution in [-0.4, -0.2) is 55.5 Å². The Morgan fingerprint density at radius 3 is 2.52 bits per heavy atom. The Labute approximate surface area is 129 Å². The van der Waals surface area contributed by atoms with Crippen LogP contribution in [0, 0.1) is 0 Å². The molecule has 2 saturated heterocycles. The Morgan fingerprint density at radius 2 is 1.86 bits per heavy atom. The molecule has 122 valence electrons. The second kappa shape index (κ2) is 7.40. The summed E-state index contributed by atoms with van der Waals surface area (Å²) in [6.45, 7) is 4.86. The fraction of sp³-hybridized carbons (Fsp3) is 1.00. The molecule has 3 rings (SSSR count). The van der Waals surface area contributed by atoms with Gasteiger partial charge in [0.1, 0.15) is 0 Å². The predicted octanol–water partition coefficient (Wildman–Crippen LogP) is 2.31. The number of hydrogen-bond donors (Lipinski definition) is 1. The number of hydrogen-bond acceptors (Lipinski definition) is 4. The summed E-state index contributed by atoms with van der Waals surface area (Å²) < 4.78 is 11.3. The van der Waals surface area contributed by atoms with Gasteiger partial charge in [-0.3, -0.25) is 4.90 Å². The molecule has 2 heterocycles. The maximum Gasteiger partial charge on any atom is 0.0594 e. The van der Waals surface area contributed by atoms with E-state index in [-0.39, 0.29) is 5.54 Å². The summed E-state index contributed by atoms with van der Waals surface area (Å²) in [6, 6.07) is 0.319. The lowest BCUT2D eigenvalue weighted by Crippen LogP contribution is -2.61. The van der Waals surface area contributed by atoms with Crippen molar-refractivity contribution in [3.8, 4) is 0 Å². The smallest absolute Gasteiger partial charge is 0.0594 e. The summed E-state index contributed by atoms with van der Waals surface area (Å²) in [5.41, 5.74) is 6.97. The van der Waals surface area contributed by atoms with E-state index in [1.54, 1.807) is 0 Å². The normalized spacial score (nSPS) is 31.6. The van der Waals surface area contributed by atoms with E-state index in [0.29, 0.717) is 12.1 Å². The summed E-state index contributed by atoms with van der Waals surface area (Å²) in [5.74, 6) is 0. The minimum Gasteiger partial charge on any atom is -0.379 e. The molecule has 0 aromatic heterocycles. The standard InChI is InChI=1S/C17H32N2O2/c18-16(7-3-5-15-6-4-12-21-15)17(8-1-2-9-17)19-10-13-20-14-11-19/h15-16H,1-14,18H2. The Bertz CT molecular complexity index is 306. The van der Waals surface area contributed by atoms with Gasteiger partial charge in [-0.2, -0.15) is 0 Å². The third-order valence-electron chi connectivity index (χ3n) is 5.87. The zero-order valence-corrected chi connectivity index (χ0v) is 13.4. The third-order valence-corrected chi connectivity index (χ3v) is 5.87. The molecule has 2 aliphatic heterocycles. The number of rotatable bonds is 6. The van der Waals surface area contributed by atoms with E-state index in [0.717, 1.165) is 39.3 Å². The molecule has 0 aromatic carbocycles. The lowest BCUT2D eigenvalue weighted by molar-refractivity contribution is -0.0322.